The highest BCUT2D eigenvalue weighted by Gasteiger charge is 2.42. The topological polar surface area (TPSA) is 244 Å². The van der Waals surface area contributed by atoms with Crippen molar-refractivity contribution in [1.82, 2.24) is 9.55 Å². The van der Waals surface area contributed by atoms with E-state index in [4.69, 9.17) is 24.2 Å². The molecule has 1 fully saturated rings. The Bertz CT molecular complexity index is 1030. The molecule has 0 spiro atoms. The van der Waals surface area contributed by atoms with Crippen molar-refractivity contribution in [2.45, 2.75) is 31.8 Å². The van der Waals surface area contributed by atoms with Crippen LogP contribution in [0.2, 0.25) is 0 Å². The fraction of sp³-hybridized carbons (Fsp3) is 0.636. The Hall–Kier alpha value is -0.990. The molecular weight excluding hydrogens is 477 g/mol. The van der Waals surface area contributed by atoms with Crippen molar-refractivity contribution < 1.29 is 56.5 Å². The number of phosphoric acid groups is 2. The number of hydrogen-bond donors (Lipinski definition) is 6. The fourth-order valence-electron chi connectivity index (χ4n) is 2.53. The summed E-state index contributed by atoms with van der Waals surface area (Å²) in [5.74, 6) is 0. The first kappa shape index (κ1) is 25.3. The summed E-state index contributed by atoms with van der Waals surface area (Å²) in [4.78, 5) is 61.2. The molecule has 1 saturated heterocycles. The molecule has 0 radical (unpaired) electrons. The standard InChI is InChI=1S/C11H19N2O14P3/c1-6-3-13(11(16)12-10(6)15)9-2-7(8(4-14)25-9)24-5-28(17,18)26-30(22,23)27-29(19,20)21/h3,7-9,14H,2,4-5H2,1H3,(H,17,18)(H,22,23)(H,12,15,16)(H2,19,20,21)/t7-,8+,9-/m0/s1. The SMILES string of the molecule is Cc1cn([C@@H]2C[C@H](OCP(=O)(O)OP(=O)(O)OP(=O)(O)O)[C@@H](CO)O2)c(=O)[nH]c1=O. The van der Waals surface area contributed by atoms with E-state index in [0.29, 0.717) is 0 Å². The highest BCUT2D eigenvalue weighted by atomic mass is 31.3. The van der Waals surface area contributed by atoms with Crippen LogP contribution in [0, 0.1) is 6.92 Å². The number of aromatic amines is 1. The maximum atomic E-state index is 12.0. The Balaban J connectivity index is 2.08. The van der Waals surface area contributed by atoms with Gasteiger partial charge in [-0.15, -0.1) is 0 Å². The second-order valence-corrected chi connectivity index (χ2v) is 10.9. The smallest absolute Gasteiger partial charge is 0.394 e. The summed E-state index contributed by atoms with van der Waals surface area (Å²) in [7, 11) is -16.2. The Kier molecular flexibility index (Phi) is 7.79. The fourth-order valence-corrected chi connectivity index (χ4v) is 5.86. The van der Waals surface area contributed by atoms with Gasteiger partial charge in [0.25, 0.3) is 5.56 Å². The molecule has 1 aliphatic rings. The van der Waals surface area contributed by atoms with Gasteiger partial charge in [-0.25, -0.2) is 18.2 Å². The van der Waals surface area contributed by atoms with Gasteiger partial charge in [0.15, 0.2) is 0 Å². The lowest BCUT2D eigenvalue weighted by molar-refractivity contribution is -0.0573. The summed E-state index contributed by atoms with van der Waals surface area (Å²) in [5, 5.41) is 9.41. The molecule has 30 heavy (non-hydrogen) atoms. The molecule has 1 aliphatic heterocycles. The summed E-state index contributed by atoms with van der Waals surface area (Å²) < 4.78 is 52.7. The first-order valence-corrected chi connectivity index (χ1v) is 12.7. The Morgan fingerprint density at radius 3 is 2.40 bits per heavy atom. The van der Waals surface area contributed by atoms with Gasteiger partial charge in [0, 0.05) is 18.2 Å². The maximum Gasteiger partial charge on any atom is 0.488 e. The molecule has 0 aliphatic carbocycles. The number of aryl methyl sites for hydroxylation is 1. The lowest BCUT2D eigenvalue weighted by Gasteiger charge is -2.20. The van der Waals surface area contributed by atoms with Crippen molar-refractivity contribution in [3.05, 3.63) is 32.6 Å². The predicted molar refractivity (Wildman–Crippen MR) is 95.3 cm³/mol. The van der Waals surface area contributed by atoms with E-state index in [0.717, 1.165) is 4.57 Å². The number of ether oxygens (including phenoxy) is 2. The summed E-state index contributed by atoms with van der Waals surface area (Å²) in [5.41, 5.74) is -1.22. The highest BCUT2D eigenvalue weighted by molar-refractivity contribution is 7.68. The summed E-state index contributed by atoms with van der Waals surface area (Å²) in [6, 6.07) is 0. The molecule has 172 valence electrons. The van der Waals surface area contributed by atoms with Gasteiger partial charge in [0.05, 0.1) is 12.7 Å². The van der Waals surface area contributed by atoms with E-state index in [1.165, 1.54) is 13.1 Å². The van der Waals surface area contributed by atoms with Crippen LogP contribution < -0.4 is 11.2 Å². The van der Waals surface area contributed by atoms with Crippen molar-refractivity contribution in [2.75, 3.05) is 13.0 Å². The molecule has 2 unspecified atom stereocenters. The summed E-state index contributed by atoms with van der Waals surface area (Å²) in [6.07, 6.45) is -3.35. The molecule has 5 atom stereocenters. The minimum absolute atomic E-state index is 0.133. The minimum atomic E-state index is -5.61. The van der Waals surface area contributed by atoms with Crippen LogP contribution in [0.1, 0.15) is 18.2 Å². The number of aromatic nitrogens is 2. The van der Waals surface area contributed by atoms with Crippen LogP contribution in [0.5, 0.6) is 0 Å². The molecule has 6 N–H and O–H groups in total. The zero-order chi connectivity index (χ0) is 22.9. The average Bonchev–Trinajstić information content (AvgIpc) is 2.96. The molecule has 19 heteroatoms. The second kappa shape index (κ2) is 9.25. The van der Waals surface area contributed by atoms with Gasteiger partial charge in [-0.3, -0.25) is 18.9 Å². The van der Waals surface area contributed by atoms with E-state index < -0.39 is 65.9 Å². The third-order valence-corrected chi connectivity index (χ3v) is 7.71. The molecular formula is C11H19N2O14P3. The van der Waals surface area contributed by atoms with E-state index >= 15 is 0 Å². The molecule has 16 nitrogen and oxygen atoms in total. The predicted octanol–water partition coefficient (Wildman–Crippen LogP) is -1.12. The van der Waals surface area contributed by atoms with Gasteiger partial charge in [-0.1, -0.05) is 0 Å². The van der Waals surface area contributed by atoms with Crippen molar-refractivity contribution in [2.24, 2.45) is 0 Å². The lowest BCUT2D eigenvalue weighted by atomic mass is 10.2. The zero-order valence-electron chi connectivity index (χ0n) is 15.1. The molecule has 1 aromatic heterocycles. The summed E-state index contributed by atoms with van der Waals surface area (Å²) in [6.45, 7) is 0.808. The number of aliphatic hydroxyl groups excluding tert-OH is 1. The Labute approximate surface area is 167 Å². The minimum Gasteiger partial charge on any atom is -0.394 e. The molecule has 2 rings (SSSR count). The van der Waals surface area contributed by atoms with Crippen molar-refractivity contribution in [3.63, 3.8) is 0 Å². The number of hydrogen-bond acceptors (Lipinski definition) is 10. The first-order chi connectivity index (χ1) is 13.6. The van der Waals surface area contributed by atoms with Gasteiger partial charge >= 0.3 is 28.9 Å². The third kappa shape index (κ3) is 7.02. The van der Waals surface area contributed by atoms with E-state index in [9.17, 15) is 33.3 Å². The van der Waals surface area contributed by atoms with Crippen molar-refractivity contribution >= 4 is 23.2 Å². The highest BCUT2D eigenvalue weighted by Crippen LogP contribution is 2.66. The van der Waals surface area contributed by atoms with Gasteiger partial charge < -0.3 is 34.2 Å². The molecule has 0 amide bonds. The number of nitrogens with zero attached hydrogens (tertiary/aromatic N) is 1. The Morgan fingerprint density at radius 1 is 1.20 bits per heavy atom. The van der Waals surface area contributed by atoms with Crippen LogP contribution >= 0.6 is 23.2 Å². The Morgan fingerprint density at radius 2 is 1.83 bits per heavy atom. The van der Waals surface area contributed by atoms with Crippen LogP contribution in [0.4, 0.5) is 0 Å². The summed E-state index contributed by atoms with van der Waals surface area (Å²) >= 11 is 0. The third-order valence-electron chi connectivity index (χ3n) is 3.71. The first-order valence-electron chi connectivity index (χ1n) is 7.95. The van der Waals surface area contributed by atoms with Crippen LogP contribution in [-0.2, 0) is 31.8 Å². The molecule has 0 saturated carbocycles. The lowest BCUT2D eigenvalue weighted by Crippen LogP contribution is -2.33. The van der Waals surface area contributed by atoms with Gasteiger partial charge in [0.1, 0.15) is 18.7 Å². The van der Waals surface area contributed by atoms with Crippen molar-refractivity contribution in [1.29, 1.82) is 0 Å². The van der Waals surface area contributed by atoms with Crippen LogP contribution in [0.3, 0.4) is 0 Å². The maximum absolute atomic E-state index is 12.0. The van der Waals surface area contributed by atoms with Crippen molar-refractivity contribution in [3.8, 4) is 0 Å². The number of aliphatic hydroxyl groups is 1. The van der Waals surface area contributed by atoms with Crippen LogP contribution in [0.25, 0.3) is 0 Å². The van der Waals surface area contributed by atoms with E-state index in [1.54, 1.807) is 0 Å². The number of H-pyrrole nitrogens is 1. The zero-order valence-corrected chi connectivity index (χ0v) is 17.8. The molecule has 2 heterocycles. The number of rotatable bonds is 9. The van der Waals surface area contributed by atoms with E-state index in [-0.39, 0.29) is 12.0 Å². The average molecular weight is 496 g/mol. The van der Waals surface area contributed by atoms with Crippen LogP contribution in [0.15, 0.2) is 15.8 Å². The van der Waals surface area contributed by atoms with Gasteiger partial charge in [-0.05, 0) is 6.92 Å². The number of nitrogens with one attached hydrogen (secondary N) is 1. The van der Waals surface area contributed by atoms with E-state index in [1.807, 2.05) is 0 Å². The normalized spacial score (nSPS) is 26.3. The molecule has 0 aromatic carbocycles. The largest absolute Gasteiger partial charge is 0.488 e. The molecule has 1 aromatic rings. The quantitative estimate of drug-likeness (QED) is 0.222. The van der Waals surface area contributed by atoms with Gasteiger partial charge in [0.2, 0.25) is 0 Å². The van der Waals surface area contributed by atoms with E-state index in [2.05, 4.69) is 13.6 Å². The van der Waals surface area contributed by atoms with Crippen LogP contribution in [-0.4, -0.2) is 59.4 Å². The molecule has 0 bridgehead atoms. The second-order valence-electron chi connectivity index (χ2n) is 6.12. The van der Waals surface area contributed by atoms with Gasteiger partial charge in [-0.2, -0.15) is 4.31 Å². The monoisotopic (exact) mass is 496 g/mol.